The van der Waals surface area contributed by atoms with Gasteiger partial charge in [-0.25, -0.2) is 0 Å². The van der Waals surface area contributed by atoms with Crippen LogP contribution in [-0.4, -0.2) is 23.6 Å². The highest BCUT2D eigenvalue weighted by atomic mass is 32.2. The SMILES string of the molecule is NC(=O)c1ccccc1NC(=O)C(Sc1ccc(NC(=O)/C(=C/c2ccco2)NC(=O)c2ccccc2)cc1)c1ccccc1. The van der Waals surface area contributed by atoms with E-state index in [0.29, 0.717) is 22.7 Å². The molecule has 1 atom stereocenters. The smallest absolute Gasteiger partial charge is 0.272 e. The Kier molecular flexibility index (Phi) is 9.88. The Morgan fingerprint density at radius 2 is 1.40 bits per heavy atom. The number of para-hydroxylation sites is 1. The number of hydrogen-bond donors (Lipinski definition) is 4. The summed E-state index contributed by atoms with van der Waals surface area (Å²) < 4.78 is 5.35. The van der Waals surface area contributed by atoms with Crippen molar-refractivity contribution in [2.24, 2.45) is 5.73 Å². The second-order valence-electron chi connectivity index (χ2n) is 9.68. The van der Waals surface area contributed by atoms with Crippen molar-refractivity contribution in [1.29, 1.82) is 0 Å². The highest BCUT2D eigenvalue weighted by Crippen LogP contribution is 2.37. The number of nitrogens with one attached hydrogen (secondary N) is 3. The Labute approximate surface area is 263 Å². The van der Waals surface area contributed by atoms with E-state index >= 15 is 0 Å². The van der Waals surface area contributed by atoms with E-state index in [9.17, 15) is 19.2 Å². The molecule has 1 aromatic heterocycles. The number of carbonyl (C=O) groups excluding carboxylic acids is 4. The minimum atomic E-state index is -0.663. The summed E-state index contributed by atoms with van der Waals surface area (Å²) in [6.07, 6.45) is 2.91. The Morgan fingerprint density at radius 1 is 0.733 bits per heavy atom. The van der Waals surface area contributed by atoms with Gasteiger partial charge in [-0.3, -0.25) is 19.2 Å². The van der Waals surface area contributed by atoms with Gasteiger partial charge in [0, 0.05) is 22.2 Å². The van der Waals surface area contributed by atoms with Gasteiger partial charge >= 0.3 is 0 Å². The van der Waals surface area contributed by atoms with Crippen molar-refractivity contribution in [3.63, 3.8) is 0 Å². The number of anilines is 2. The number of amides is 4. The number of benzene rings is 4. The minimum Gasteiger partial charge on any atom is -0.465 e. The highest BCUT2D eigenvalue weighted by molar-refractivity contribution is 8.00. The van der Waals surface area contributed by atoms with E-state index in [1.54, 1.807) is 91.0 Å². The van der Waals surface area contributed by atoms with Gasteiger partial charge in [0.15, 0.2) is 0 Å². The number of primary amides is 1. The third-order valence-electron chi connectivity index (χ3n) is 6.52. The first-order valence-corrected chi connectivity index (χ1v) is 14.7. The summed E-state index contributed by atoms with van der Waals surface area (Å²) in [5.74, 6) is -1.58. The van der Waals surface area contributed by atoms with Crippen molar-refractivity contribution in [2.45, 2.75) is 10.1 Å². The van der Waals surface area contributed by atoms with E-state index in [-0.39, 0.29) is 17.2 Å². The second kappa shape index (κ2) is 14.5. The first-order chi connectivity index (χ1) is 21.9. The molecule has 0 radical (unpaired) electrons. The first-order valence-electron chi connectivity index (χ1n) is 13.8. The molecule has 45 heavy (non-hydrogen) atoms. The molecule has 0 aliphatic carbocycles. The number of nitrogens with two attached hydrogens (primary N) is 1. The van der Waals surface area contributed by atoms with Gasteiger partial charge in [-0.2, -0.15) is 0 Å². The van der Waals surface area contributed by atoms with Crippen molar-refractivity contribution in [3.8, 4) is 0 Å². The molecule has 10 heteroatoms. The van der Waals surface area contributed by atoms with Gasteiger partial charge in [0.2, 0.25) is 5.91 Å². The number of furan rings is 1. The molecular formula is C35H28N4O5S. The summed E-state index contributed by atoms with van der Waals surface area (Å²) in [7, 11) is 0. The Morgan fingerprint density at radius 3 is 2.07 bits per heavy atom. The monoisotopic (exact) mass is 616 g/mol. The fourth-order valence-corrected chi connectivity index (χ4v) is 5.34. The maximum Gasteiger partial charge on any atom is 0.272 e. The van der Waals surface area contributed by atoms with Gasteiger partial charge in [0.25, 0.3) is 17.7 Å². The van der Waals surface area contributed by atoms with E-state index in [0.717, 1.165) is 10.5 Å². The van der Waals surface area contributed by atoms with Crippen LogP contribution in [0.4, 0.5) is 11.4 Å². The van der Waals surface area contributed by atoms with E-state index in [4.69, 9.17) is 10.2 Å². The zero-order valence-corrected chi connectivity index (χ0v) is 24.6. The summed E-state index contributed by atoms with van der Waals surface area (Å²) in [6, 6.07) is 34.7. The van der Waals surface area contributed by atoms with Gasteiger partial charge in [-0.15, -0.1) is 11.8 Å². The van der Waals surface area contributed by atoms with Gasteiger partial charge < -0.3 is 26.1 Å². The molecule has 0 saturated carbocycles. The largest absolute Gasteiger partial charge is 0.465 e. The van der Waals surface area contributed by atoms with E-state index in [1.165, 1.54) is 24.1 Å². The van der Waals surface area contributed by atoms with Gasteiger partial charge in [-0.1, -0.05) is 60.7 Å². The third kappa shape index (κ3) is 8.15. The lowest BCUT2D eigenvalue weighted by Gasteiger charge is -2.18. The average molecular weight is 617 g/mol. The second-order valence-corrected chi connectivity index (χ2v) is 10.9. The number of rotatable bonds is 11. The molecule has 0 aliphatic heterocycles. The Balaban J connectivity index is 1.32. The topological polar surface area (TPSA) is 144 Å². The maximum absolute atomic E-state index is 13.5. The standard InChI is InChI=1S/C35H28N4O5S/c36-32(40)28-15-7-8-16-29(28)38-35(43)31(23-10-3-1-4-11-23)45-27-19-17-25(18-20-27)37-34(42)30(22-26-14-9-21-44-26)39-33(41)24-12-5-2-6-13-24/h1-22,31H,(H2,36,40)(H,37,42)(H,38,43)(H,39,41)/b30-22-. The molecular weight excluding hydrogens is 588 g/mol. The molecule has 4 aromatic carbocycles. The van der Waals surface area contributed by atoms with Gasteiger partial charge in [-0.05, 0) is 66.2 Å². The van der Waals surface area contributed by atoms with Crippen LogP contribution in [0.25, 0.3) is 6.08 Å². The summed E-state index contributed by atoms with van der Waals surface area (Å²) in [4.78, 5) is 52.2. The van der Waals surface area contributed by atoms with Crippen molar-refractivity contribution in [2.75, 3.05) is 10.6 Å². The zero-order chi connectivity index (χ0) is 31.6. The predicted octanol–water partition coefficient (Wildman–Crippen LogP) is 6.26. The van der Waals surface area contributed by atoms with Crippen molar-refractivity contribution in [1.82, 2.24) is 5.32 Å². The third-order valence-corrected chi connectivity index (χ3v) is 7.78. The fraction of sp³-hybridized carbons (Fsp3) is 0.0286. The molecule has 0 saturated heterocycles. The lowest BCUT2D eigenvalue weighted by molar-refractivity contribution is -0.116. The lowest BCUT2D eigenvalue weighted by Crippen LogP contribution is -2.30. The first kappa shape index (κ1) is 30.6. The lowest BCUT2D eigenvalue weighted by atomic mass is 10.1. The van der Waals surface area contributed by atoms with Crippen LogP contribution in [0, 0.1) is 0 Å². The van der Waals surface area contributed by atoms with Crippen LogP contribution < -0.4 is 21.7 Å². The van der Waals surface area contributed by atoms with E-state index < -0.39 is 23.0 Å². The summed E-state index contributed by atoms with van der Waals surface area (Å²) in [5.41, 5.74) is 7.66. The predicted molar refractivity (Wildman–Crippen MR) is 174 cm³/mol. The van der Waals surface area contributed by atoms with Crippen LogP contribution in [0.2, 0.25) is 0 Å². The molecule has 1 unspecified atom stereocenters. The van der Waals surface area contributed by atoms with Crippen LogP contribution in [0.3, 0.4) is 0 Å². The molecule has 0 bridgehead atoms. The van der Waals surface area contributed by atoms with Crippen LogP contribution in [0.1, 0.15) is 37.3 Å². The number of hydrogen-bond acceptors (Lipinski definition) is 6. The minimum absolute atomic E-state index is 0.00527. The Bertz CT molecular complexity index is 1820. The molecule has 9 nitrogen and oxygen atoms in total. The number of thioether (sulfide) groups is 1. The average Bonchev–Trinajstić information content (AvgIpc) is 3.58. The molecule has 1 heterocycles. The van der Waals surface area contributed by atoms with Gasteiger partial charge in [0.05, 0.1) is 17.5 Å². The normalized spacial score (nSPS) is 11.7. The maximum atomic E-state index is 13.5. The Hall–Kier alpha value is -5.87. The molecule has 5 rings (SSSR count). The summed E-state index contributed by atoms with van der Waals surface area (Å²) in [5, 5.41) is 7.64. The molecule has 0 fully saturated rings. The molecule has 224 valence electrons. The molecule has 5 aromatic rings. The number of carbonyl (C=O) groups is 4. The quantitative estimate of drug-likeness (QED) is 0.102. The van der Waals surface area contributed by atoms with Crippen LogP contribution in [0.5, 0.6) is 0 Å². The fourth-order valence-electron chi connectivity index (χ4n) is 4.32. The van der Waals surface area contributed by atoms with Crippen LogP contribution >= 0.6 is 11.8 Å². The molecule has 0 aliphatic rings. The van der Waals surface area contributed by atoms with Crippen LogP contribution in [0.15, 0.2) is 143 Å². The van der Waals surface area contributed by atoms with Crippen molar-refractivity contribution in [3.05, 3.63) is 156 Å². The molecule has 5 N–H and O–H groups in total. The highest BCUT2D eigenvalue weighted by Gasteiger charge is 2.24. The van der Waals surface area contributed by atoms with Crippen LogP contribution in [-0.2, 0) is 9.59 Å². The van der Waals surface area contributed by atoms with E-state index in [2.05, 4.69) is 16.0 Å². The summed E-state index contributed by atoms with van der Waals surface area (Å²) in [6.45, 7) is 0. The van der Waals surface area contributed by atoms with Crippen molar-refractivity contribution >= 4 is 52.8 Å². The zero-order valence-electron chi connectivity index (χ0n) is 23.8. The van der Waals surface area contributed by atoms with Crippen molar-refractivity contribution < 1.29 is 23.6 Å². The van der Waals surface area contributed by atoms with E-state index in [1.807, 2.05) is 30.3 Å². The molecule has 0 spiro atoms. The molecule has 4 amide bonds. The van der Waals surface area contributed by atoms with Gasteiger partial charge in [0.1, 0.15) is 16.7 Å². The summed E-state index contributed by atoms with van der Waals surface area (Å²) >= 11 is 1.30.